The number of aryl methyl sites for hydroxylation is 1. The lowest BCUT2D eigenvalue weighted by atomic mass is 9.53. The van der Waals surface area contributed by atoms with Crippen LogP contribution in [0.5, 0.6) is 0 Å². The zero-order chi connectivity index (χ0) is 11.2. The average molecular weight is 202 g/mol. The molecule has 0 aromatic heterocycles. The summed E-state index contributed by atoms with van der Waals surface area (Å²) in [6.07, 6.45) is 0. The van der Waals surface area contributed by atoms with Gasteiger partial charge in [0.25, 0.3) is 0 Å². The molecule has 0 heterocycles. The zero-order valence-electron chi connectivity index (χ0n) is 9.87. The highest BCUT2D eigenvalue weighted by Crippen LogP contribution is 2.53. The molecular formula is C14H18O. The van der Waals surface area contributed by atoms with Crippen molar-refractivity contribution in [3.8, 4) is 0 Å². The van der Waals surface area contributed by atoms with Crippen LogP contribution in [0.4, 0.5) is 0 Å². The molecule has 1 aliphatic rings. The first-order valence-electron chi connectivity index (χ1n) is 5.55. The molecule has 1 heteroatoms. The van der Waals surface area contributed by atoms with Crippen LogP contribution < -0.4 is 0 Å². The maximum absolute atomic E-state index is 11.7. The maximum atomic E-state index is 11.7. The Kier molecular flexibility index (Phi) is 2.22. The van der Waals surface area contributed by atoms with Gasteiger partial charge in [-0.15, -0.1) is 0 Å². The van der Waals surface area contributed by atoms with Gasteiger partial charge in [-0.3, -0.25) is 4.79 Å². The molecule has 0 N–H and O–H groups in total. The predicted octanol–water partition coefficient (Wildman–Crippen LogP) is 3.32. The van der Waals surface area contributed by atoms with Gasteiger partial charge < -0.3 is 0 Å². The Morgan fingerprint density at radius 1 is 1.13 bits per heavy atom. The number of benzene rings is 1. The number of hydrogen-bond donors (Lipinski definition) is 0. The van der Waals surface area contributed by atoms with Crippen molar-refractivity contribution in [3.05, 3.63) is 35.4 Å². The summed E-state index contributed by atoms with van der Waals surface area (Å²) in [7, 11) is 0. The van der Waals surface area contributed by atoms with E-state index in [1.807, 2.05) is 6.92 Å². The topological polar surface area (TPSA) is 17.1 Å². The van der Waals surface area contributed by atoms with Crippen molar-refractivity contribution in [1.29, 1.82) is 0 Å². The Labute approximate surface area is 91.5 Å². The molecule has 1 nitrogen and oxygen atoms in total. The number of rotatable bonds is 1. The predicted molar refractivity (Wildman–Crippen MR) is 61.9 cm³/mol. The summed E-state index contributed by atoms with van der Waals surface area (Å²) in [6.45, 7) is 8.24. The van der Waals surface area contributed by atoms with E-state index in [2.05, 4.69) is 45.0 Å². The van der Waals surface area contributed by atoms with E-state index in [1.165, 1.54) is 11.1 Å². The Bertz CT molecular complexity index is 386. The van der Waals surface area contributed by atoms with E-state index in [0.717, 1.165) is 0 Å². The molecule has 1 aliphatic carbocycles. The monoisotopic (exact) mass is 202 g/mol. The Balaban J connectivity index is 2.33. The minimum Gasteiger partial charge on any atom is -0.299 e. The molecule has 1 fully saturated rings. The highest BCUT2D eigenvalue weighted by atomic mass is 16.1. The van der Waals surface area contributed by atoms with Crippen LogP contribution in [-0.4, -0.2) is 5.78 Å². The minimum atomic E-state index is -0.172. The molecule has 2 rings (SSSR count). The number of ketones is 1. The van der Waals surface area contributed by atoms with Crippen LogP contribution in [0.2, 0.25) is 0 Å². The van der Waals surface area contributed by atoms with Crippen LogP contribution in [0, 0.1) is 18.3 Å². The summed E-state index contributed by atoms with van der Waals surface area (Å²) in [5, 5.41) is 0. The second kappa shape index (κ2) is 3.19. The van der Waals surface area contributed by atoms with Gasteiger partial charge in [-0.2, -0.15) is 0 Å². The van der Waals surface area contributed by atoms with Gasteiger partial charge in [0, 0.05) is 17.3 Å². The highest BCUT2D eigenvalue weighted by Gasteiger charge is 2.53. The van der Waals surface area contributed by atoms with E-state index < -0.39 is 0 Å². The van der Waals surface area contributed by atoms with Gasteiger partial charge in [-0.05, 0) is 12.5 Å². The van der Waals surface area contributed by atoms with E-state index in [-0.39, 0.29) is 11.3 Å². The van der Waals surface area contributed by atoms with Gasteiger partial charge in [0.05, 0.1) is 0 Å². The van der Waals surface area contributed by atoms with Crippen LogP contribution in [0.3, 0.4) is 0 Å². The first kappa shape index (κ1) is 10.4. The third-order valence-corrected chi connectivity index (χ3v) is 3.76. The van der Waals surface area contributed by atoms with Crippen molar-refractivity contribution in [2.75, 3.05) is 0 Å². The summed E-state index contributed by atoms with van der Waals surface area (Å²) < 4.78 is 0. The largest absolute Gasteiger partial charge is 0.299 e. The van der Waals surface area contributed by atoms with Crippen molar-refractivity contribution < 1.29 is 4.79 Å². The Morgan fingerprint density at radius 2 is 1.67 bits per heavy atom. The molecule has 15 heavy (non-hydrogen) atoms. The molecule has 1 aromatic carbocycles. The smallest absolute Gasteiger partial charge is 0.142 e. The fraction of sp³-hybridized carbons (Fsp3) is 0.500. The number of hydrogen-bond acceptors (Lipinski definition) is 1. The minimum absolute atomic E-state index is 0.172. The van der Waals surface area contributed by atoms with Gasteiger partial charge in [-0.25, -0.2) is 0 Å². The van der Waals surface area contributed by atoms with Crippen LogP contribution >= 0.6 is 0 Å². The standard InChI is InChI=1S/C14H18O/c1-9-5-7-11(8-6-9)12-10(2)13(15)14(12,3)4/h5-8,10,12H,1-4H3. The summed E-state index contributed by atoms with van der Waals surface area (Å²) >= 11 is 0. The van der Waals surface area contributed by atoms with Gasteiger partial charge >= 0.3 is 0 Å². The van der Waals surface area contributed by atoms with Crippen molar-refractivity contribution in [3.63, 3.8) is 0 Å². The number of carbonyl (C=O) groups is 1. The van der Waals surface area contributed by atoms with Crippen molar-refractivity contribution in [2.45, 2.75) is 33.6 Å². The fourth-order valence-electron chi connectivity index (χ4n) is 2.90. The molecule has 2 atom stereocenters. The molecule has 1 aromatic rings. The van der Waals surface area contributed by atoms with Crippen molar-refractivity contribution >= 4 is 5.78 Å². The van der Waals surface area contributed by atoms with Gasteiger partial charge in [0.2, 0.25) is 0 Å². The molecule has 80 valence electrons. The van der Waals surface area contributed by atoms with Crippen LogP contribution in [-0.2, 0) is 4.79 Å². The summed E-state index contributed by atoms with van der Waals surface area (Å²) in [5.74, 6) is 0.974. The fourth-order valence-corrected chi connectivity index (χ4v) is 2.90. The highest BCUT2D eigenvalue weighted by molar-refractivity contribution is 5.94. The summed E-state index contributed by atoms with van der Waals surface area (Å²) in [6, 6.07) is 8.57. The van der Waals surface area contributed by atoms with Crippen LogP contribution in [0.1, 0.15) is 37.8 Å². The molecule has 0 aliphatic heterocycles. The van der Waals surface area contributed by atoms with Gasteiger partial charge in [0.15, 0.2) is 0 Å². The molecule has 0 saturated heterocycles. The van der Waals surface area contributed by atoms with E-state index in [4.69, 9.17) is 0 Å². The zero-order valence-corrected chi connectivity index (χ0v) is 9.87. The lowest BCUT2D eigenvalue weighted by molar-refractivity contribution is -0.145. The molecule has 2 unspecified atom stereocenters. The summed E-state index contributed by atoms with van der Waals surface area (Å²) in [5.41, 5.74) is 2.40. The molecule has 0 radical (unpaired) electrons. The molecule has 0 amide bonds. The lowest BCUT2D eigenvalue weighted by Crippen LogP contribution is -2.51. The van der Waals surface area contributed by atoms with E-state index in [1.54, 1.807) is 0 Å². The average Bonchev–Trinajstić information content (AvgIpc) is 2.20. The summed E-state index contributed by atoms with van der Waals surface area (Å²) in [4.78, 5) is 11.7. The van der Waals surface area contributed by atoms with Gasteiger partial charge in [-0.1, -0.05) is 50.6 Å². The molecule has 0 spiro atoms. The molecule has 0 bridgehead atoms. The molecular weight excluding hydrogens is 184 g/mol. The van der Waals surface area contributed by atoms with E-state index >= 15 is 0 Å². The quantitative estimate of drug-likeness (QED) is 0.682. The molecule has 1 saturated carbocycles. The SMILES string of the molecule is Cc1ccc(C2C(C)C(=O)C2(C)C)cc1. The van der Waals surface area contributed by atoms with Crippen molar-refractivity contribution in [2.24, 2.45) is 11.3 Å². The third-order valence-electron chi connectivity index (χ3n) is 3.76. The third kappa shape index (κ3) is 1.41. The number of carbonyl (C=O) groups excluding carboxylic acids is 1. The second-order valence-electron chi connectivity index (χ2n) is 5.26. The second-order valence-corrected chi connectivity index (χ2v) is 5.26. The van der Waals surface area contributed by atoms with Crippen molar-refractivity contribution in [1.82, 2.24) is 0 Å². The maximum Gasteiger partial charge on any atom is 0.142 e. The van der Waals surface area contributed by atoms with Crippen LogP contribution in [0.15, 0.2) is 24.3 Å². The van der Waals surface area contributed by atoms with Gasteiger partial charge in [0.1, 0.15) is 5.78 Å². The number of Topliss-reactive ketones (excluding diaryl/α,β-unsaturated/α-hetero) is 1. The Hall–Kier alpha value is -1.11. The Morgan fingerprint density at radius 3 is 2.13 bits per heavy atom. The first-order chi connectivity index (χ1) is 6.94. The lowest BCUT2D eigenvalue weighted by Gasteiger charge is -2.48. The van der Waals surface area contributed by atoms with Crippen LogP contribution in [0.25, 0.3) is 0 Å². The first-order valence-corrected chi connectivity index (χ1v) is 5.55. The van der Waals surface area contributed by atoms with E-state index in [0.29, 0.717) is 11.7 Å². The normalized spacial score (nSPS) is 28.7. The van der Waals surface area contributed by atoms with E-state index in [9.17, 15) is 4.79 Å².